The molecule has 1 unspecified atom stereocenters. The van der Waals surface area contributed by atoms with Gasteiger partial charge in [-0.2, -0.15) is 0 Å². The van der Waals surface area contributed by atoms with Crippen molar-refractivity contribution < 1.29 is 9.47 Å². The second-order valence-corrected chi connectivity index (χ2v) is 7.25. The third kappa shape index (κ3) is 3.61. The molecule has 2 aliphatic heterocycles. The first-order chi connectivity index (χ1) is 12.8. The molecule has 2 aliphatic rings. The van der Waals surface area contributed by atoms with Crippen molar-refractivity contribution in [3.05, 3.63) is 77.4 Å². The molecule has 2 aromatic rings. The van der Waals surface area contributed by atoms with E-state index < -0.39 is 0 Å². The maximum atomic E-state index is 6.45. The number of hydrogen-bond acceptors (Lipinski definition) is 3. The quantitative estimate of drug-likeness (QED) is 0.824. The lowest BCUT2D eigenvalue weighted by molar-refractivity contribution is -0.226. The molecule has 0 N–H and O–H groups in total. The van der Waals surface area contributed by atoms with Crippen LogP contribution in [0.5, 0.6) is 0 Å². The molecule has 0 radical (unpaired) electrons. The summed E-state index contributed by atoms with van der Waals surface area (Å²) in [7, 11) is 1.75. The number of ether oxygens (including phenoxy) is 2. The van der Waals surface area contributed by atoms with Crippen LogP contribution in [0.4, 0.5) is 0 Å². The summed E-state index contributed by atoms with van der Waals surface area (Å²) in [5.74, 6) is 0. The fourth-order valence-electron chi connectivity index (χ4n) is 4.20. The number of likely N-dealkylation sites (tertiary alicyclic amines) is 1. The number of rotatable bonds is 4. The molecular formula is C23H27NO2. The van der Waals surface area contributed by atoms with Gasteiger partial charge in [-0.25, -0.2) is 0 Å². The second kappa shape index (κ2) is 7.75. The van der Waals surface area contributed by atoms with Gasteiger partial charge < -0.3 is 9.47 Å². The van der Waals surface area contributed by atoms with E-state index in [0.29, 0.717) is 0 Å². The standard InChI is InChI=1S/C23H27NO2/c1-25-22-18-20-11-5-6-12-21(20)23(26-22)13-16-24(17-14-23)15-7-10-19-8-3-2-4-9-19/h2-12,22H,13-18H2,1H3/b10-7+. The molecule has 2 aromatic carbocycles. The molecule has 136 valence electrons. The molecule has 1 saturated heterocycles. The van der Waals surface area contributed by atoms with Crippen LogP contribution in [0, 0.1) is 0 Å². The first kappa shape index (κ1) is 17.5. The van der Waals surface area contributed by atoms with Crippen LogP contribution in [0.15, 0.2) is 60.7 Å². The summed E-state index contributed by atoms with van der Waals surface area (Å²) in [6, 6.07) is 19.2. The molecular weight excluding hydrogens is 322 g/mol. The molecule has 1 spiro atoms. The number of piperidine rings is 1. The summed E-state index contributed by atoms with van der Waals surface area (Å²) in [6.07, 6.45) is 7.22. The molecule has 1 atom stereocenters. The Morgan fingerprint density at radius 1 is 1.08 bits per heavy atom. The number of methoxy groups -OCH3 is 1. The SMILES string of the molecule is COC1Cc2ccccc2C2(CCN(C/C=C/c3ccccc3)CC2)O1. The van der Waals surface area contributed by atoms with Crippen LogP contribution in [0.3, 0.4) is 0 Å². The predicted molar refractivity (Wildman–Crippen MR) is 105 cm³/mol. The Kier molecular flexibility index (Phi) is 5.21. The lowest BCUT2D eigenvalue weighted by Gasteiger charge is -2.47. The van der Waals surface area contributed by atoms with Crippen LogP contribution in [0.2, 0.25) is 0 Å². The average molecular weight is 349 g/mol. The zero-order chi connectivity index (χ0) is 17.8. The number of fused-ring (bicyclic) bond motifs is 2. The van der Waals surface area contributed by atoms with Crippen LogP contribution >= 0.6 is 0 Å². The van der Waals surface area contributed by atoms with Gasteiger partial charge in [0.05, 0.1) is 5.60 Å². The number of nitrogens with zero attached hydrogens (tertiary/aromatic N) is 1. The molecule has 0 amide bonds. The Balaban J connectivity index is 1.42. The van der Waals surface area contributed by atoms with E-state index in [1.54, 1.807) is 7.11 Å². The predicted octanol–water partition coefficient (Wildman–Crippen LogP) is 4.24. The zero-order valence-electron chi connectivity index (χ0n) is 15.4. The summed E-state index contributed by atoms with van der Waals surface area (Å²) < 4.78 is 12.0. The van der Waals surface area contributed by atoms with E-state index in [9.17, 15) is 0 Å². The lowest BCUT2D eigenvalue weighted by Crippen LogP contribution is -2.49. The van der Waals surface area contributed by atoms with Crippen molar-refractivity contribution in [3.63, 3.8) is 0 Å². The van der Waals surface area contributed by atoms with E-state index in [2.05, 4.69) is 71.6 Å². The minimum atomic E-state index is -0.185. The van der Waals surface area contributed by atoms with E-state index >= 15 is 0 Å². The van der Waals surface area contributed by atoms with Crippen molar-refractivity contribution in [2.24, 2.45) is 0 Å². The maximum absolute atomic E-state index is 6.45. The average Bonchev–Trinajstić information content (AvgIpc) is 2.70. The van der Waals surface area contributed by atoms with Crippen LogP contribution in [0.25, 0.3) is 6.08 Å². The van der Waals surface area contributed by atoms with Crippen molar-refractivity contribution in [3.8, 4) is 0 Å². The summed E-state index contributed by atoms with van der Waals surface area (Å²) >= 11 is 0. The van der Waals surface area contributed by atoms with Gasteiger partial charge in [0.25, 0.3) is 0 Å². The van der Waals surface area contributed by atoms with Crippen molar-refractivity contribution in [2.75, 3.05) is 26.7 Å². The molecule has 1 fully saturated rings. The minimum absolute atomic E-state index is 0.130. The van der Waals surface area contributed by atoms with Crippen molar-refractivity contribution in [1.82, 2.24) is 4.90 Å². The van der Waals surface area contributed by atoms with Crippen LogP contribution < -0.4 is 0 Å². The first-order valence-electron chi connectivity index (χ1n) is 9.52. The fourth-order valence-corrected chi connectivity index (χ4v) is 4.20. The van der Waals surface area contributed by atoms with Gasteiger partial charge in [0.1, 0.15) is 0 Å². The van der Waals surface area contributed by atoms with Gasteiger partial charge in [-0.05, 0) is 29.5 Å². The summed E-state index contributed by atoms with van der Waals surface area (Å²) in [6.45, 7) is 3.08. The van der Waals surface area contributed by atoms with Gasteiger partial charge in [-0.15, -0.1) is 0 Å². The Morgan fingerprint density at radius 3 is 2.58 bits per heavy atom. The van der Waals surface area contributed by atoms with Gasteiger partial charge in [0.2, 0.25) is 0 Å². The topological polar surface area (TPSA) is 21.7 Å². The summed E-state index contributed by atoms with van der Waals surface area (Å²) in [4.78, 5) is 2.51. The maximum Gasteiger partial charge on any atom is 0.162 e. The third-order valence-corrected chi connectivity index (χ3v) is 5.65. The van der Waals surface area contributed by atoms with E-state index in [4.69, 9.17) is 9.47 Å². The highest BCUT2D eigenvalue weighted by molar-refractivity contribution is 5.48. The van der Waals surface area contributed by atoms with Crippen LogP contribution in [-0.4, -0.2) is 37.9 Å². The highest BCUT2D eigenvalue weighted by atomic mass is 16.7. The van der Waals surface area contributed by atoms with Gasteiger partial charge in [-0.3, -0.25) is 4.90 Å². The van der Waals surface area contributed by atoms with Crippen molar-refractivity contribution >= 4 is 6.08 Å². The van der Waals surface area contributed by atoms with E-state index in [1.807, 2.05) is 0 Å². The molecule has 3 heteroatoms. The van der Waals surface area contributed by atoms with Crippen molar-refractivity contribution in [1.29, 1.82) is 0 Å². The summed E-state index contributed by atoms with van der Waals surface area (Å²) in [5, 5.41) is 0. The first-order valence-corrected chi connectivity index (χ1v) is 9.52. The minimum Gasteiger partial charge on any atom is -0.356 e. The highest BCUT2D eigenvalue weighted by Gasteiger charge is 2.43. The fraction of sp³-hybridized carbons (Fsp3) is 0.391. The third-order valence-electron chi connectivity index (χ3n) is 5.65. The largest absolute Gasteiger partial charge is 0.356 e. The number of benzene rings is 2. The van der Waals surface area contributed by atoms with E-state index in [1.165, 1.54) is 16.7 Å². The highest BCUT2D eigenvalue weighted by Crippen LogP contribution is 2.43. The molecule has 0 saturated carbocycles. The number of hydrogen-bond donors (Lipinski definition) is 0. The van der Waals surface area contributed by atoms with Gasteiger partial charge in [0.15, 0.2) is 6.29 Å². The Morgan fingerprint density at radius 2 is 1.81 bits per heavy atom. The molecule has 0 aliphatic carbocycles. The second-order valence-electron chi connectivity index (χ2n) is 7.25. The van der Waals surface area contributed by atoms with Gasteiger partial charge in [0, 0.05) is 33.2 Å². The Labute approximate surface area is 156 Å². The Bertz CT molecular complexity index is 748. The Hall–Kier alpha value is -1.94. The normalized spacial score (nSPS) is 22.6. The molecule has 26 heavy (non-hydrogen) atoms. The van der Waals surface area contributed by atoms with Crippen LogP contribution in [-0.2, 0) is 21.5 Å². The van der Waals surface area contributed by atoms with Gasteiger partial charge >= 0.3 is 0 Å². The van der Waals surface area contributed by atoms with Crippen LogP contribution in [0.1, 0.15) is 29.5 Å². The molecule has 0 aromatic heterocycles. The lowest BCUT2D eigenvalue weighted by atomic mass is 9.79. The van der Waals surface area contributed by atoms with Gasteiger partial charge in [-0.1, -0.05) is 66.7 Å². The van der Waals surface area contributed by atoms with Crippen molar-refractivity contribution in [2.45, 2.75) is 31.2 Å². The summed E-state index contributed by atoms with van der Waals surface area (Å²) in [5.41, 5.74) is 3.82. The molecule has 4 rings (SSSR count). The smallest absolute Gasteiger partial charge is 0.162 e. The molecule has 0 bridgehead atoms. The van der Waals surface area contributed by atoms with E-state index in [0.717, 1.165) is 38.9 Å². The molecule has 2 heterocycles. The monoisotopic (exact) mass is 349 g/mol. The van der Waals surface area contributed by atoms with E-state index in [-0.39, 0.29) is 11.9 Å². The zero-order valence-corrected chi connectivity index (χ0v) is 15.4. The molecule has 3 nitrogen and oxygen atoms in total.